The Morgan fingerprint density at radius 2 is 1.94 bits per heavy atom. The topological polar surface area (TPSA) is 72.8 Å². The Labute approximate surface area is 94.0 Å². The Bertz CT molecular complexity index is 284. The molecule has 0 aromatic carbocycles. The number of hydrogen-bond donors (Lipinski definition) is 1. The molecule has 0 aromatic rings. The van der Waals surface area contributed by atoms with Gasteiger partial charge in [-0.05, 0) is 19.3 Å². The molecule has 2 unspecified atom stereocenters. The molecule has 0 spiro atoms. The first-order valence-corrected chi connectivity index (χ1v) is 5.26. The summed E-state index contributed by atoms with van der Waals surface area (Å²) < 4.78 is 10.3. The summed E-state index contributed by atoms with van der Waals surface area (Å²) in [5, 5.41) is 8.33. The van der Waals surface area contributed by atoms with Gasteiger partial charge in [-0.1, -0.05) is 0 Å². The molecule has 0 amide bonds. The van der Waals surface area contributed by atoms with Crippen molar-refractivity contribution in [3.05, 3.63) is 12.2 Å². The molecule has 1 aliphatic carbocycles. The second kappa shape index (κ2) is 6.27. The Kier molecular flexibility index (Phi) is 4.98. The van der Waals surface area contributed by atoms with Gasteiger partial charge in [0.15, 0.2) is 0 Å². The van der Waals surface area contributed by atoms with Crippen LogP contribution in [-0.4, -0.2) is 36.4 Å². The lowest BCUT2D eigenvalue weighted by atomic mass is 9.95. The molecule has 1 aliphatic rings. The number of methoxy groups -OCH3 is 1. The van der Waals surface area contributed by atoms with E-state index in [1.54, 1.807) is 7.11 Å². The van der Waals surface area contributed by atoms with Crippen LogP contribution in [0.15, 0.2) is 12.2 Å². The van der Waals surface area contributed by atoms with Crippen molar-refractivity contribution in [2.24, 2.45) is 0 Å². The number of carbonyl (C=O) groups excluding carboxylic acids is 1. The molecule has 2 atom stereocenters. The van der Waals surface area contributed by atoms with Crippen LogP contribution in [-0.2, 0) is 19.1 Å². The first kappa shape index (κ1) is 12.7. The molecule has 1 rings (SSSR count). The smallest absolute Gasteiger partial charge is 0.331 e. The third-order valence-corrected chi connectivity index (χ3v) is 2.56. The molecular formula is C11H16O5. The quantitative estimate of drug-likeness (QED) is 0.576. The van der Waals surface area contributed by atoms with Gasteiger partial charge in [0, 0.05) is 25.7 Å². The second-order valence-electron chi connectivity index (χ2n) is 3.75. The van der Waals surface area contributed by atoms with Crippen molar-refractivity contribution in [2.75, 3.05) is 7.11 Å². The Morgan fingerprint density at radius 1 is 1.25 bits per heavy atom. The number of ether oxygens (including phenoxy) is 2. The normalized spacial score (nSPS) is 25.6. The monoisotopic (exact) mass is 228 g/mol. The third-order valence-electron chi connectivity index (χ3n) is 2.56. The van der Waals surface area contributed by atoms with Gasteiger partial charge in [0.2, 0.25) is 0 Å². The zero-order valence-electron chi connectivity index (χ0n) is 9.22. The summed E-state index contributed by atoms with van der Waals surface area (Å²) in [6.45, 7) is 0. The number of carboxylic acid groups (broad SMARTS) is 1. The maximum atomic E-state index is 11.2. The van der Waals surface area contributed by atoms with Gasteiger partial charge in [-0.25, -0.2) is 9.59 Å². The third kappa shape index (κ3) is 4.44. The average Bonchev–Trinajstić information content (AvgIpc) is 2.26. The molecule has 0 aliphatic heterocycles. The van der Waals surface area contributed by atoms with E-state index in [9.17, 15) is 9.59 Å². The van der Waals surface area contributed by atoms with Crippen molar-refractivity contribution in [1.29, 1.82) is 0 Å². The van der Waals surface area contributed by atoms with Gasteiger partial charge in [-0.2, -0.15) is 0 Å². The summed E-state index contributed by atoms with van der Waals surface area (Å²) in [5.41, 5.74) is 0. The number of aliphatic carboxylic acids is 1. The summed E-state index contributed by atoms with van der Waals surface area (Å²) in [4.78, 5) is 21.4. The standard InChI is InChI=1S/C11H16O5/c1-15-8-3-2-4-9(7-8)16-11(14)6-5-10(12)13/h5-6,8-9H,2-4,7H2,1H3,(H,12,13)/b6-5+. The largest absolute Gasteiger partial charge is 0.478 e. The molecule has 16 heavy (non-hydrogen) atoms. The number of carboxylic acids is 1. The SMILES string of the molecule is COC1CCCC(OC(=O)/C=C/C(=O)O)C1. The van der Waals surface area contributed by atoms with E-state index >= 15 is 0 Å². The van der Waals surface area contributed by atoms with E-state index in [0.717, 1.165) is 31.4 Å². The van der Waals surface area contributed by atoms with Gasteiger partial charge in [0.1, 0.15) is 6.10 Å². The Hall–Kier alpha value is -1.36. The average molecular weight is 228 g/mol. The van der Waals surface area contributed by atoms with E-state index in [2.05, 4.69) is 0 Å². The van der Waals surface area contributed by atoms with Crippen molar-refractivity contribution < 1.29 is 24.2 Å². The zero-order chi connectivity index (χ0) is 12.0. The van der Waals surface area contributed by atoms with Crippen LogP contribution in [0.3, 0.4) is 0 Å². The molecule has 1 fully saturated rings. The van der Waals surface area contributed by atoms with Gasteiger partial charge in [0.25, 0.3) is 0 Å². The van der Waals surface area contributed by atoms with E-state index in [0.29, 0.717) is 6.42 Å². The van der Waals surface area contributed by atoms with Crippen LogP contribution in [0.25, 0.3) is 0 Å². The molecule has 0 bridgehead atoms. The number of carbonyl (C=O) groups is 2. The lowest BCUT2D eigenvalue weighted by Gasteiger charge is -2.27. The number of rotatable bonds is 4. The van der Waals surface area contributed by atoms with Crippen LogP contribution >= 0.6 is 0 Å². The maximum absolute atomic E-state index is 11.2. The molecule has 1 N–H and O–H groups in total. The van der Waals surface area contributed by atoms with Crippen molar-refractivity contribution in [1.82, 2.24) is 0 Å². The van der Waals surface area contributed by atoms with Crippen molar-refractivity contribution in [3.8, 4) is 0 Å². The molecule has 0 radical (unpaired) electrons. The highest BCUT2D eigenvalue weighted by molar-refractivity contribution is 5.90. The molecule has 0 saturated heterocycles. The lowest BCUT2D eigenvalue weighted by molar-refractivity contribution is -0.147. The summed E-state index contributed by atoms with van der Waals surface area (Å²) in [6, 6.07) is 0. The van der Waals surface area contributed by atoms with Gasteiger partial charge in [-0.15, -0.1) is 0 Å². The van der Waals surface area contributed by atoms with E-state index < -0.39 is 11.9 Å². The van der Waals surface area contributed by atoms with Crippen molar-refractivity contribution >= 4 is 11.9 Å². The first-order chi connectivity index (χ1) is 7.61. The number of hydrogen-bond acceptors (Lipinski definition) is 4. The van der Waals surface area contributed by atoms with Gasteiger partial charge in [-0.3, -0.25) is 0 Å². The summed E-state index contributed by atoms with van der Waals surface area (Å²) in [6.07, 6.45) is 5.11. The fourth-order valence-electron chi connectivity index (χ4n) is 1.77. The Balaban J connectivity index is 2.36. The highest BCUT2D eigenvalue weighted by Crippen LogP contribution is 2.23. The predicted octanol–water partition coefficient (Wildman–Crippen LogP) is 1.13. The second-order valence-corrected chi connectivity index (χ2v) is 3.75. The molecule has 5 heteroatoms. The van der Waals surface area contributed by atoms with Crippen LogP contribution in [0.4, 0.5) is 0 Å². The Morgan fingerprint density at radius 3 is 2.56 bits per heavy atom. The van der Waals surface area contributed by atoms with Gasteiger partial charge < -0.3 is 14.6 Å². The van der Waals surface area contributed by atoms with Crippen LogP contribution in [0.1, 0.15) is 25.7 Å². The zero-order valence-corrected chi connectivity index (χ0v) is 9.22. The van der Waals surface area contributed by atoms with Crippen LogP contribution in [0.2, 0.25) is 0 Å². The minimum Gasteiger partial charge on any atom is -0.478 e. The molecule has 5 nitrogen and oxygen atoms in total. The molecule has 0 heterocycles. The van der Waals surface area contributed by atoms with E-state index in [1.807, 2.05) is 0 Å². The minimum absolute atomic E-state index is 0.134. The van der Waals surface area contributed by atoms with E-state index in [1.165, 1.54) is 0 Å². The summed E-state index contributed by atoms with van der Waals surface area (Å²) >= 11 is 0. The fraction of sp³-hybridized carbons (Fsp3) is 0.636. The predicted molar refractivity (Wildman–Crippen MR) is 55.9 cm³/mol. The fourth-order valence-corrected chi connectivity index (χ4v) is 1.77. The van der Waals surface area contributed by atoms with Crippen LogP contribution < -0.4 is 0 Å². The van der Waals surface area contributed by atoms with E-state index in [-0.39, 0.29) is 12.2 Å². The highest BCUT2D eigenvalue weighted by atomic mass is 16.5. The van der Waals surface area contributed by atoms with Crippen LogP contribution in [0, 0.1) is 0 Å². The molecule has 0 aromatic heterocycles. The first-order valence-electron chi connectivity index (χ1n) is 5.26. The van der Waals surface area contributed by atoms with E-state index in [4.69, 9.17) is 14.6 Å². The van der Waals surface area contributed by atoms with Crippen LogP contribution in [0.5, 0.6) is 0 Å². The highest BCUT2D eigenvalue weighted by Gasteiger charge is 2.23. The van der Waals surface area contributed by atoms with Crippen molar-refractivity contribution in [3.63, 3.8) is 0 Å². The minimum atomic E-state index is -1.16. The molecular weight excluding hydrogens is 212 g/mol. The lowest BCUT2D eigenvalue weighted by Crippen LogP contribution is -2.28. The maximum Gasteiger partial charge on any atom is 0.331 e. The molecule has 90 valence electrons. The van der Waals surface area contributed by atoms with Crippen molar-refractivity contribution in [2.45, 2.75) is 37.9 Å². The summed E-state index contributed by atoms with van der Waals surface area (Å²) in [7, 11) is 1.64. The molecule has 1 saturated carbocycles. The van der Waals surface area contributed by atoms with Gasteiger partial charge in [0.05, 0.1) is 6.10 Å². The van der Waals surface area contributed by atoms with Gasteiger partial charge >= 0.3 is 11.9 Å². The summed E-state index contributed by atoms with van der Waals surface area (Å²) in [5.74, 6) is -1.76. The number of esters is 1.